The first-order valence-electron chi connectivity index (χ1n) is 6.85. The lowest BCUT2D eigenvalue weighted by Gasteiger charge is -2.06. The van der Waals surface area contributed by atoms with E-state index in [0.29, 0.717) is 5.36 Å². The second-order valence-electron chi connectivity index (χ2n) is 5.19. The van der Waals surface area contributed by atoms with E-state index in [1.165, 1.54) is 13.0 Å². The van der Waals surface area contributed by atoms with Crippen LogP contribution in [0.4, 0.5) is 0 Å². The predicted octanol–water partition coefficient (Wildman–Crippen LogP) is 1.24. The smallest absolute Gasteiger partial charge is 0.277 e. The molecule has 23 heavy (non-hydrogen) atoms. The number of amides is 1. The number of aromatic hydroxyl groups is 1. The normalized spacial score (nSPS) is 15.0. The maximum Gasteiger partial charge on any atom is 0.277 e. The lowest BCUT2D eigenvalue weighted by Crippen LogP contribution is -2.32. The molecule has 0 radical (unpaired) electrons. The number of nitrogens with one attached hydrogen (secondary N) is 1. The Labute approximate surface area is 136 Å². The quantitative estimate of drug-likeness (QED) is 0.609. The number of aromatic nitrogens is 2. The fourth-order valence-corrected chi connectivity index (χ4v) is 2.80. The number of hydrogen-bond acceptors (Lipinski definition) is 4. The minimum atomic E-state index is -0.437. The lowest BCUT2D eigenvalue weighted by atomic mass is 10.1. The molecule has 7 heteroatoms. The largest absolute Gasteiger partial charge is 0.493 e. The second kappa shape index (κ2) is 5.44. The van der Waals surface area contributed by atoms with E-state index < -0.39 is 5.91 Å². The summed E-state index contributed by atoms with van der Waals surface area (Å²) in [6.07, 6.45) is 3.08. The van der Waals surface area contributed by atoms with Crippen molar-refractivity contribution in [3.05, 3.63) is 50.4 Å². The Morgan fingerprint density at radius 1 is 1.43 bits per heavy atom. The first kappa shape index (κ1) is 15.1. The van der Waals surface area contributed by atoms with Gasteiger partial charge in [0.1, 0.15) is 5.69 Å². The summed E-state index contributed by atoms with van der Waals surface area (Å²) in [6, 6.07) is 5.60. The van der Waals surface area contributed by atoms with Gasteiger partial charge in [-0.2, -0.15) is 0 Å². The first-order valence-corrected chi connectivity index (χ1v) is 7.26. The average Bonchev–Trinajstić information content (AvgIpc) is 2.75. The van der Waals surface area contributed by atoms with Crippen LogP contribution in [-0.4, -0.2) is 26.5 Å². The standard InChI is InChI=1S/C16H13N3O3S/c1-8-4-3-5-10-6-11(14(21)17-13(8)10)7-12-15(22)18-16(23)19(12)9(2)20/h3-7,22H,1-2H3,(H,18,23). The summed E-state index contributed by atoms with van der Waals surface area (Å²) in [6.45, 7) is 3.20. The fraction of sp³-hybridized carbons (Fsp3) is 0.125. The van der Waals surface area contributed by atoms with Gasteiger partial charge in [0.2, 0.25) is 11.8 Å². The van der Waals surface area contributed by atoms with Crippen LogP contribution in [0.2, 0.25) is 0 Å². The van der Waals surface area contributed by atoms with Gasteiger partial charge >= 0.3 is 0 Å². The number of imidazole rings is 1. The van der Waals surface area contributed by atoms with Crippen LogP contribution in [0.15, 0.2) is 28.8 Å². The maximum absolute atomic E-state index is 12.2. The molecule has 1 aromatic carbocycles. The zero-order chi connectivity index (χ0) is 16.7. The molecule has 1 aliphatic heterocycles. The summed E-state index contributed by atoms with van der Waals surface area (Å²) >= 11 is 4.99. The number of nitrogens with zero attached hydrogens (tertiary/aromatic N) is 2. The zero-order valence-electron chi connectivity index (χ0n) is 12.5. The molecule has 0 unspecified atom stereocenters. The third kappa shape index (κ3) is 2.55. The summed E-state index contributed by atoms with van der Waals surface area (Å²) in [7, 11) is 0. The molecule has 0 aliphatic carbocycles. The van der Waals surface area contributed by atoms with Crippen LogP contribution >= 0.6 is 12.2 Å². The lowest BCUT2D eigenvalue weighted by molar-refractivity contribution is -0.114. The third-order valence-electron chi connectivity index (χ3n) is 3.56. The topological polar surface area (TPSA) is 87.4 Å². The van der Waals surface area contributed by atoms with Crippen LogP contribution in [0.5, 0.6) is 5.88 Å². The molecule has 1 amide bonds. The highest BCUT2D eigenvalue weighted by atomic mass is 32.1. The van der Waals surface area contributed by atoms with E-state index >= 15 is 0 Å². The van der Waals surface area contributed by atoms with Gasteiger partial charge in [-0.05, 0) is 36.9 Å². The highest BCUT2D eigenvalue weighted by molar-refractivity contribution is 7.71. The number of H-pyrrole nitrogens is 1. The SMILES string of the molecule is CC(=O)n1c(C=C2C=c3cccc(C)c3=NC2=O)c(O)[nH]c1=S. The predicted molar refractivity (Wildman–Crippen MR) is 87.0 cm³/mol. The van der Waals surface area contributed by atoms with Gasteiger partial charge in [0, 0.05) is 17.7 Å². The average molecular weight is 327 g/mol. The molecule has 2 aromatic rings. The van der Waals surface area contributed by atoms with Crippen LogP contribution in [-0.2, 0) is 4.79 Å². The minimum absolute atomic E-state index is 0.0679. The van der Waals surface area contributed by atoms with Crippen molar-refractivity contribution in [1.29, 1.82) is 0 Å². The number of aryl methyl sites for hydroxylation is 1. The second-order valence-corrected chi connectivity index (χ2v) is 5.58. The summed E-state index contributed by atoms with van der Waals surface area (Å²) < 4.78 is 1.20. The van der Waals surface area contributed by atoms with Crippen molar-refractivity contribution in [2.75, 3.05) is 0 Å². The van der Waals surface area contributed by atoms with Crippen LogP contribution in [0.1, 0.15) is 23.0 Å². The van der Waals surface area contributed by atoms with Crippen LogP contribution in [0.3, 0.4) is 0 Å². The van der Waals surface area contributed by atoms with Crippen LogP contribution < -0.4 is 10.6 Å². The highest BCUT2D eigenvalue weighted by Gasteiger charge is 2.17. The van der Waals surface area contributed by atoms with E-state index in [2.05, 4.69) is 9.98 Å². The molecule has 0 fully saturated rings. The molecule has 1 aliphatic rings. The molecule has 116 valence electrons. The van der Waals surface area contributed by atoms with Crippen molar-refractivity contribution in [3.8, 4) is 5.88 Å². The molecule has 2 heterocycles. The van der Waals surface area contributed by atoms with Gasteiger partial charge in [0.05, 0.1) is 5.36 Å². The molecule has 0 spiro atoms. The Morgan fingerprint density at radius 3 is 2.87 bits per heavy atom. The van der Waals surface area contributed by atoms with E-state index in [1.54, 1.807) is 6.08 Å². The first-order chi connectivity index (χ1) is 10.9. The Balaban J connectivity index is 2.25. The molecule has 2 N–H and O–H groups in total. The third-order valence-corrected chi connectivity index (χ3v) is 3.84. The monoisotopic (exact) mass is 327 g/mol. The van der Waals surface area contributed by atoms with Crippen molar-refractivity contribution in [1.82, 2.24) is 9.55 Å². The van der Waals surface area contributed by atoms with Crippen molar-refractivity contribution < 1.29 is 14.7 Å². The number of rotatable bonds is 1. The number of benzene rings is 1. The Kier molecular flexibility index (Phi) is 3.57. The molecule has 1 aromatic heterocycles. The summed E-state index contributed by atoms with van der Waals surface area (Å²) in [5, 5.41) is 11.4. The van der Waals surface area contributed by atoms with E-state index in [1.807, 2.05) is 25.1 Å². The zero-order valence-corrected chi connectivity index (χ0v) is 13.3. The van der Waals surface area contributed by atoms with E-state index in [4.69, 9.17) is 12.2 Å². The molecule has 0 saturated heterocycles. The maximum atomic E-state index is 12.2. The number of aromatic amines is 1. The molecule has 3 rings (SSSR count). The molecular formula is C16H13N3O3S. The van der Waals surface area contributed by atoms with E-state index in [9.17, 15) is 14.7 Å². The van der Waals surface area contributed by atoms with Crippen molar-refractivity contribution >= 4 is 36.2 Å². The van der Waals surface area contributed by atoms with Crippen molar-refractivity contribution in [3.63, 3.8) is 0 Å². The Bertz CT molecular complexity index is 1060. The van der Waals surface area contributed by atoms with Gasteiger partial charge in [-0.3, -0.25) is 14.2 Å². The molecular weight excluding hydrogens is 314 g/mol. The van der Waals surface area contributed by atoms with Gasteiger partial charge < -0.3 is 10.1 Å². The van der Waals surface area contributed by atoms with Crippen LogP contribution in [0, 0.1) is 11.7 Å². The van der Waals surface area contributed by atoms with Crippen molar-refractivity contribution in [2.45, 2.75) is 13.8 Å². The molecule has 0 bridgehead atoms. The number of para-hydroxylation sites is 1. The number of carbonyl (C=O) groups is 2. The summed E-state index contributed by atoms with van der Waals surface area (Å²) in [5.41, 5.74) is 1.30. The van der Waals surface area contributed by atoms with Gasteiger partial charge in [-0.1, -0.05) is 18.2 Å². The molecule has 6 nitrogen and oxygen atoms in total. The fourth-order valence-electron chi connectivity index (χ4n) is 2.48. The number of fused-ring (bicyclic) bond motifs is 1. The van der Waals surface area contributed by atoms with E-state index in [0.717, 1.165) is 15.3 Å². The highest BCUT2D eigenvalue weighted by Crippen LogP contribution is 2.20. The van der Waals surface area contributed by atoms with Crippen LogP contribution in [0.25, 0.3) is 12.2 Å². The Morgan fingerprint density at radius 2 is 2.17 bits per heavy atom. The Hall–Kier alpha value is -2.80. The molecule has 0 atom stereocenters. The molecule has 0 saturated carbocycles. The number of hydrogen-bond donors (Lipinski definition) is 2. The number of carbonyl (C=O) groups excluding carboxylic acids is 2. The van der Waals surface area contributed by atoms with Crippen molar-refractivity contribution in [2.24, 2.45) is 4.99 Å². The van der Waals surface area contributed by atoms with Gasteiger partial charge in [-0.15, -0.1) is 0 Å². The summed E-state index contributed by atoms with van der Waals surface area (Å²) in [5.74, 6) is -1.07. The summed E-state index contributed by atoms with van der Waals surface area (Å²) in [4.78, 5) is 30.5. The van der Waals surface area contributed by atoms with Gasteiger partial charge in [0.25, 0.3) is 5.91 Å². The van der Waals surface area contributed by atoms with Gasteiger partial charge in [0.15, 0.2) is 4.77 Å². The van der Waals surface area contributed by atoms with Gasteiger partial charge in [-0.25, -0.2) is 4.99 Å². The van der Waals surface area contributed by atoms with E-state index in [-0.39, 0.29) is 27.8 Å². The minimum Gasteiger partial charge on any atom is -0.493 e.